The molecule has 0 radical (unpaired) electrons. The quantitative estimate of drug-likeness (QED) is 0.394. The second-order valence-electron chi connectivity index (χ2n) is 3.55. The molecule has 1 heterocycles. The van der Waals surface area contributed by atoms with Crippen molar-refractivity contribution in [1.29, 1.82) is 0 Å². The molecule has 1 fully saturated rings. The number of rotatable bonds is 6. The zero-order valence-corrected chi connectivity index (χ0v) is 8.54. The highest BCUT2D eigenvalue weighted by atomic mass is 16.5. The SMILES string of the molecule is CCCCCCOC(=O)[C@@H]1CC(=O)N1. The van der Waals surface area contributed by atoms with Crippen molar-refractivity contribution in [2.24, 2.45) is 0 Å². The van der Waals surface area contributed by atoms with Crippen molar-refractivity contribution in [2.75, 3.05) is 6.61 Å². The Morgan fingerprint density at radius 2 is 2.21 bits per heavy atom. The second-order valence-corrected chi connectivity index (χ2v) is 3.55. The van der Waals surface area contributed by atoms with E-state index in [-0.39, 0.29) is 24.3 Å². The molecule has 1 rings (SSSR count). The highest BCUT2D eigenvalue weighted by Crippen LogP contribution is 2.07. The van der Waals surface area contributed by atoms with Gasteiger partial charge in [-0.3, -0.25) is 4.79 Å². The molecule has 4 nitrogen and oxygen atoms in total. The first-order chi connectivity index (χ1) is 6.74. The lowest BCUT2D eigenvalue weighted by atomic mass is 10.1. The van der Waals surface area contributed by atoms with Crippen LogP contribution in [-0.2, 0) is 14.3 Å². The third-order valence-corrected chi connectivity index (χ3v) is 2.25. The number of carbonyl (C=O) groups excluding carboxylic acids is 2. The molecule has 1 aliphatic rings. The third kappa shape index (κ3) is 3.36. The van der Waals surface area contributed by atoms with Gasteiger partial charge in [0, 0.05) is 0 Å². The lowest BCUT2D eigenvalue weighted by molar-refractivity contribution is -0.153. The van der Waals surface area contributed by atoms with E-state index in [9.17, 15) is 9.59 Å². The molecule has 80 valence electrons. The minimum atomic E-state index is -0.381. The number of amides is 1. The van der Waals surface area contributed by atoms with Crippen LogP contribution in [0.3, 0.4) is 0 Å². The summed E-state index contributed by atoms with van der Waals surface area (Å²) in [5.41, 5.74) is 0. The van der Waals surface area contributed by atoms with E-state index >= 15 is 0 Å². The lowest BCUT2D eigenvalue weighted by Crippen LogP contribution is -2.53. The van der Waals surface area contributed by atoms with E-state index in [0.717, 1.165) is 12.8 Å². The van der Waals surface area contributed by atoms with E-state index in [0.29, 0.717) is 6.61 Å². The average molecular weight is 199 g/mol. The molecule has 4 heteroatoms. The number of carbonyl (C=O) groups is 2. The van der Waals surface area contributed by atoms with Crippen molar-refractivity contribution < 1.29 is 14.3 Å². The normalized spacial score (nSPS) is 19.8. The lowest BCUT2D eigenvalue weighted by Gasteiger charge is -2.24. The largest absolute Gasteiger partial charge is 0.464 e. The summed E-state index contributed by atoms with van der Waals surface area (Å²) in [6.07, 6.45) is 4.65. The Labute approximate surface area is 84.0 Å². The Morgan fingerprint density at radius 1 is 1.50 bits per heavy atom. The first-order valence-electron chi connectivity index (χ1n) is 5.20. The Bertz CT molecular complexity index is 207. The van der Waals surface area contributed by atoms with E-state index in [2.05, 4.69) is 12.2 Å². The molecular formula is C10H17NO3. The molecule has 0 spiro atoms. The molecule has 0 aliphatic carbocycles. The van der Waals surface area contributed by atoms with Crippen LogP contribution in [0.4, 0.5) is 0 Å². The summed E-state index contributed by atoms with van der Waals surface area (Å²) < 4.78 is 4.99. The number of β-lactam (4-membered cyclic amide) rings is 1. The van der Waals surface area contributed by atoms with Gasteiger partial charge in [-0.15, -0.1) is 0 Å². The fourth-order valence-corrected chi connectivity index (χ4v) is 1.30. The number of ether oxygens (including phenoxy) is 1. The molecule has 0 aromatic heterocycles. The highest BCUT2D eigenvalue weighted by molar-refractivity contribution is 5.94. The fraction of sp³-hybridized carbons (Fsp3) is 0.800. The monoisotopic (exact) mass is 199 g/mol. The Balaban J connectivity index is 1.96. The molecule has 0 aromatic rings. The maximum absolute atomic E-state index is 11.2. The van der Waals surface area contributed by atoms with Gasteiger partial charge in [0.05, 0.1) is 13.0 Å². The smallest absolute Gasteiger partial charge is 0.329 e. The van der Waals surface area contributed by atoms with Crippen molar-refractivity contribution in [3.05, 3.63) is 0 Å². The van der Waals surface area contributed by atoms with Crippen molar-refractivity contribution in [3.63, 3.8) is 0 Å². The van der Waals surface area contributed by atoms with Crippen LogP contribution in [0.2, 0.25) is 0 Å². The van der Waals surface area contributed by atoms with Gasteiger partial charge in [0.15, 0.2) is 0 Å². The topological polar surface area (TPSA) is 55.4 Å². The standard InChI is InChI=1S/C10H17NO3/c1-2-3-4-5-6-14-10(13)8-7-9(12)11-8/h8H,2-7H2,1H3,(H,11,12)/t8-/m0/s1. The Hall–Kier alpha value is -1.06. The van der Waals surface area contributed by atoms with Crippen molar-refractivity contribution >= 4 is 11.9 Å². The zero-order valence-electron chi connectivity index (χ0n) is 8.54. The van der Waals surface area contributed by atoms with Crippen molar-refractivity contribution in [1.82, 2.24) is 5.32 Å². The molecule has 1 atom stereocenters. The van der Waals surface area contributed by atoms with E-state index in [1.54, 1.807) is 0 Å². The minimum absolute atomic E-state index is 0.0714. The van der Waals surface area contributed by atoms with Crippen LogP contribution >= 0.6 is 0 Å². The van der Waals surface area contributed by atoms with Crippen molar-refractivity contribution in [2.45, 2.75) is 45.1 Å². The fourth-order valence-electron chi connectivity index (χ4n) is 1.30. The summed E-state index contributed by atoms with van der Waals surface area (Å²) in [5.74, 6) is -0.362. The molecule has 0 saturated carbocycles. The molecule has 0 bridgehead atoms. The first kappa shape index (κ1) is 11.0. The van der Waals surface area contributed by atoms with Crippen LogP contribution < -0.4 is 5.32 Å². The summed E-state index contributed by atoms with van der Waals surface area (Å²) in [4.78, 5) is 21.7. The Morgan fingerprint density at radius 3 is 2.79 bits per heavy atom. The third-order valence-electron chi connectivity index (χ3n) is 2.25. The minimum Gasteiger partial charge on any atom is -0.464 e. The van der Waals surface area contributed by atoms with Gasteiger partial charge in [-0.25, -0.2) is 4.79 Å². The van der Waals surface area contributed by atoms with Crippen molar-refractivity contribution in [3.8, 4) is 0 Å². The van der Waals surface area contributed by atoms with Gasteiger partial charge in [0.1, 0.15) is 6.04 Å². The van der Waals surface area contributed by atoms with Crippen LogP contribution in [0.15, 0.2) is 0 Å². The molecular weight excluding hydrogens is 182 g/mol. The molecule has 0 unspecified atom stereocenters. The van der Waals surface area contributed by atoms with E-state index in [1.807, 2.05) is 0 Å². The van der Waals surface area contributed by atoms with Gasteiger partial charge in [-0.2, -0.15) is 0 Å². The highest BCUT2D eigenvalue weighted by Gasteiger charge is 2.32. The average Bonchev–Trinajstić information content (AvgIpc) is 2.12. The van der Waals surface area contributed by atoms with E-state index < -0.39 is 0 Å². The van der Waals surface area contributed by atoms with Crippen LogP contribution in [0.1, 0.15) is 39.0 Å². The second kappa shape index (κ2) is 5.62. The molecule has 0 aromatic carbocycles. The van der Waals surface area contributed by atoms with Gasteiger partial charge in [-0.1, -0.05) is 26.2 Å². The summed E-state index contributed by atoms with van der Waals surface area (Å²) in [6.45, 7) is 2.61. The number of hydrogen-bond donors (Lipinski definition) is 1. The van der Waals surface area contributed by atoms with Crippen LogP contribution in [0, 0.1) is 0 Å². The van der Waals surface area contributed by atoms with Crippen LogP contribution in [0.5, 0.6) is 0 Å². The number of hydrogen-bond acceptors (Lipinski definition) is 3. The van der Waals surface area contributed by atoms with E-state index in [4.69, 9.17) is 4.74 Å². The van der Waals surface area contributed by atoms with Crippen LogP contribution in [-0.4, -0.2) is 24.5 Å². The zero-order chi connectivity index (χ0) is 10.4. The number of unbranched alkanes of at least 4 members (excludes halogenated alkanes) is 3. The summed E-state index contributed by atoms with van der Waals surface area (Å²) in [5, 5.41) is 2.48. The number of nitrogens with one attached hydrogen (secondary N) is 1. The molecule has 1 saturated heterocycles. The van der Waals surface area contributed by atoms with E-state index in [1.165, 1.54) is 12.8 Å². The summed E-state index contributed by atoms with van der Waals surface area (Å²) in [7, 11) is 0. The van der Waals surface area contributed by atoms with Gasteiger partial charge in [0.25, 0.3) is 0 Å². The van der Waals surface area contributed by atoms with Gasteiger partial charge >= 0.3 is 5.97 Å². The van der Waals surface area contributed by atoms with Gasteiger partial charge in [0.2, 0.25) is 5.91 Å². The summed E-state index contributed by atoms with van der Waals surface area (Å²) in [6, 6.07) is -0.381. The maximum Gasteiger partial charge on any atom is 0.329 e. The maximum atomic E-state index is 11.2. The Kier molecular flexibility index (Phi) is 4.43. The predicted octanol–water partition coefficient (Wildman–Crippen LogP) is 0.998. The molecule has 14 heavy (non-hydrogen) atoms. The molecule has 1 N–H and O–H groups in total. The van der Waals surface area contributed by atoms with Crippen LogP contribution in [0.25, 0.3) is 0 Å². The molecule has 1 amide bonds. The summed E-state index contributed by atoms with van der Waals surface area (Å²) >= 11 is 0. The number of esters is 1. The predicted molar refractivity (Wildman–Crippen MR) is 51.6 cm³/mol. The van der Waals surface area contributed by atoms with Gasteiger partial charge in [-0.05, 0) is 6.42 Å². The van der Waals surface area contributed by atoms with Gasteiger partial charge < -0.3 is 10.1 Å². The first-order valence-corrected chi connectivity index (χ1v) is 5.20. The molecule has 1 aliphatic heterocycles.